The zero-order chi connectivity index (χ0) is 12.3. The second-order valence-electron chi connectivity index (χ2n) is 4.03. The van der Waals surface area contributed by atoms with Crippen molar-refractivity contribution in [2.45, 2.75) is 43.4 Å². The molecule has 1 aromatic heterocycles. The summed E-state index contributed by atoms with van der Waals surface area (Å²) in [5.41, 5.74) is 0. The van der Waals surface area contributed by atoms with Crippen LogP contribution in [0.25, 0.3) is 0 Å². The van der Waals surface area contributed by atoms with Crippen LogP contribution < -0.4 is 0 Å². The predicted octanol–water partition coefficient (Wildman–Crippen LogP) is 1.23. The molecule has 0 aromatic carbocycles. The molecule has 1 saturated heterocycles. The topological polar surface area (TPSA) is 84.9 Å². The molecule has 2 heterocycles. The average Bonchev–Trinajstić information content (AvgIpc) is 2.76. The molecular weight excluding hydrogens is 266 g/mol. The monoisotopic (exact) mass is 279 g/mol. The summed E-state index contributed by atoms with van der Waals surface area (Å²) in [5.74, 6) is 0.526. The molecule has 1 N–H and O–H groups in total. The van der Waals surface area contributed by atoms with E-state index in [0.717, 1.165) is 25.9 Å². The summed E-state index contributed by atoms with van der Waals surface area (Å²) in [6.07, 6.45) is 5.02. The molecule has 0 aliphatic carbocycles. The minimum Gasteiger partial charge on any atom is -0.378 e. The van der Waals surface area contributed by atoms with Crippen LogP contribution >= 0.6 is 10.7 Å². The number of aromatic nitrogens is 3. The third kappa shape index (κ3) is 3.65. The van der Waals surface area contributed by atoms with Crippen molar-refractivity contribution in [3.63, 3.8) is 0 Å². The Bertz CT molecular complexity index is 468. The first-order chi connectivity index (χ1) is 8.05. The Kier molecular flexibility index (Phi) is 4.01. The van der Waals surface area contributed by atoms with E-state index in [1.807, 2.05) is 0 Å². The lowest BCUT2D eigenvalue weighted by atomic mass is 10.0. The van der Waals surface area contributed by atoms with E-state index in [1.54, 1.807) is 0 Å². The Balaban J connectivity index is 1.89. The first-order valence-electron chi connectivity index (χ1n) is 5.53. The van der Waals surface area contributed by atoms with Crippen LogP contribution in [0.2, 0.25) is 0 Å². The van der Waals surface area contributed by atoms with E-state index in [2.05, 4.69) is 15.2 Å². The van der Waals surface area contributed by atoms with E-state index in [0.29, 0.717) is 12.2 Å². The Morgan fingerprint density at radius 3 is 2.88 bits per heavy atom. The highest BCUT2D eigenvalue weighted by molar-refractivity contribution is 8.13. The third-order valence-corrected chi connectivity index (χ3v) is 3.74. The minimum absolute atomic E-state index is 0.241. The first kappa shape index (κ1) is 12.8. The van der Waals surface area contributed by atoms with Crippen molar-refractivity contribution >= 4 is 19.7 Å². The molecule has 0 bridgehead atoms. The van der Waals surface area contributed by atoms with Gasteiger partial charge < -0.3 is 4.74 Å². The second kappa shape index (κ2) is 5.32. The van der Waals surface area contributed by atoms with Crippen LogP contribution in [-0.4, -0.2) is 36.3 Å². The van der Waals surface area contributed by atoms with Gasteiger partial charge in [-0.05, 0) is 25.7 Å². The van der Waals surface area contributed by atoms with Crippen LogP contribution in [0, 0.1) is 0 Å². The standard InChI is InChI=1S/C9H14ClN3O3S/c10-17(14,15)9-11-8(12-13-9)5-4-7-3-1-2-6-16-7/h7H,1-6H2,(H,11,12,13). The van der Waals surface area contributed by atoms with E-state index in [9.17, 15) is 8.42 Å². The van der Waals surface area contributed by atoms with Crippen molar-refractivity contribution in [3.05, 3.63) is 5.82 Å². The first-order valence-corrected chi connectivity index (χ1v) is 7.84. The van der Waals surface area contributed by atoms with Crippen molar-refractivity contribution in [2.24, 2.45) is 0 Å². The summed E-state index contributed by atoms with van der Waals surface area (Å²) < 4.78 is 27.5. The average molecular weight is 280 g/mol. The molecule has 0 spiro atoms. The van der Waals surface area contributed by atoms with Gasteiger partial charge in [0.05, 0.1) is 6.10 Å². The van der Waals surface area contributed by atoms with Crippen molar-refractivity contribution < 1.29 is 13.2 Å². The van der Waals surface area contributed by atoms with Gasteiger partial charge in [-0.2, -0.15) is 0 Å². The maximum atomic E-state index is 10.9. The van der Waals surface area contributed by atoms with Gasteiger partial charge in [0.2, 0.25) is 0 Å². The summed E-state index contributed by atoms with van der Waals surface area (Å²) in [6.45, 7) is 0.808. The van der Waals surface area contributed by atoms with Gasteiger partial charge in [0, 0.05) is 23.7 Å². The smallest absolute Gasteiger partial charge is 0.298 e. The third-order valence-electron chi connectivity index (χ3n) is 2.71. The van der Waals surface area contributed by atoms with Crippen molar-refractivity contribution in [1.29, 1.82) is 0 Å². The summed E-state index contributed by atoms with van der Waals surface area (Å²) >= 11 is 0. The maximum Gasteiger partial charge on any atom is 0.298 e. The molecule has 1 aromatic rings. The van der Waals surface area contributed by atoms with Crippen molar-refractivity contribution in [2.75, 3.05) is 6.61 Å². The van der Waals surface area contributed by atoms with Crippen LogP contribution in [0.4, 0.5) is 0 Å². The Hall–Kier alpha value is -0.660. The Morgan fingerprint density at radius 1 is 1.47 bits per heavy atom. The molecule has 0 radical (unpaired) electrons. The van der Waals surface area contributed by atoms with E-state index in [4.69, 9.17) is 15.4 Å². The van der Waals surface area contributed by atoms with Gasteiger partial charge in [0.1, 0.15) is 5.82 Å². The van der Waals surface area contributed by atoms with Crippen LogP contribution in [0.1, 0.15) is 31.5 Å². The fraction of sp³-hybridized carbons (Fsp3) is 0.778. The molecule has 1 atom stereocenters. The molecule has 17 heavy (non-hydrogen) atoms. The summed E-state index contributed by atoms with van der Waals surface area (Å²) in [7, 11) is 1.29. The number of hydrogen-bond donors (Lipinski definition) is 1. The molecule has 8 heteroatoms. The van der Waals surface area contributed by atoms with Gasteiger partial charge in [-0.1, -0.05) is 0 Å². The number of nitrogens with one attached hydrogen (secondary N) is 1. The molecule has 1 aliphatic rings. The van der Waals surface area contributed by atoms with Gasteiger partial charge in [0.25, 0.3) is 14.2 Å². The molecule has 6 nitrogen and oxygen atoms in total. The highest BCUT2D eigenvalue weighted by Gasteiger charge is 2.18. The maximum absolute atomic E-state index is 10.9. The number of aryl methyl sites for hydroxylation is 1. The van der Waals surface area contributed by atoms with Gasteiger partial charge in [-0.25, -0.2) is 13.4 Å². The number of H-pyrrole nitrogens is 1. The molecule has 0 amide bonds. The highest BCUT2D eigenvalue weighted by atomic mass is 35.7. The van der Waals surface area contributed by atoms with Crippen LogP contribution in [0.15, 0.2) is 5.16 Å². The lowest BCUT2D eigenvalue weighted by molar-refractivity contribution is 0.0112. The van der Waals surface area contributed by atoms with Crippen molar-refractivity contribution in [1.82, 2.24) is 15.2 Å². The SMILES string of the molecule is O=S(=O)(Cl)c1n[nH]c(CCC2CCCCO2)n1. The van der Waals surface area contributed by atoms with Gasteiger partial charge in [-0.3, -0.25) is 5.10 Å². The number of ether oxygens (including phenoxy) is 1. The van der Waals surface area contributed by atoms with Gasteiger partial charge in [-0.15, -0.1) is 5.10 Å². The summed E-state index contributed by atoms with van der Waals surface area (Å²) in [6, 6.07) is 0. The van der Waals surface area contributed by atoms with Crippen LogP contribution in [-0.2, 0) is 20.2 Å². The van der Waals surface area contributed by atoms with E-state index in [-0.39, 0.29) is 11.3 Å². The lowest BCUT2D eigenvalue weighted by Gasteiger charge is -2.21. The van der Waals surface area contributed by atoms with Gasteiger partial charge >= 0.3 is 0 Å². The van der Waals surface area contributed by atoms with Gasteiger partial charge in [0.15, 0.2) is 0 Å². The fourth-order valence-corrected chi connectivity index (χ4v) is 2.41. The molecule has 1 unspecified atom stereocenters. The lowest BCUT2D eigenvalue weighted by Crippen LogP contribution is -2.19. The zero-order valence-electron chi connectivity index (χ0n) is 9.23. The minimum atomic E-state index is -3.84. The quantitative estimate of drug-likeness (QED) is 0.838. The molecule has 1 fully saturated rings. The molecular formula is C9H14ClN3O3S. The zero-order valence-corrected chi connectivity index (χ0v) is 10.8. The number of nitrogens with zero attached hydrogens (tertiary/aromatic N) is 2. The Morgan fingerprint density at radius 2 is 2.29 bits per heavy atom. The largest absolute Gasteiger partial charge is 0.378 e. The van der Waals surface area contributed by atoms with Crippen molar-refractivity contribution in [3.8, 4) is 0 Å². The number of halogens is 1. The summed E-state index contributed by atoms with van der Waals surface area (Å²) in [4.78, 5) is 3.82. The van der Waals surface area contributed by atoms with E-state index in [1.165, 1.54) is 6.42 Å². The second-order valence-corrected chi connectivity index (χ2v) is 6.49. The van der Waals surface area contributed by atoms with Crippen LogP contribution in [0.3, 0.4) is 0 Å². The number of rotatable bonds is 4. The highest BCUT2D eigenvalue weighted by Crippen LogP contribution is 2.17. The molecule has 96 valence electrons. The van der Waals surface area contributed by atoms with E-state index < -0.39 is 9.05 Å². The predicted molar refractivity (Wildman–Crippen MR) is 61.3 cm³/mol. The van der Waals surface area contributed by atoms with Crippen LogP contribution in [0.5, 0.6) is 0 Å². The Labute approximate surface area is 104 Å². The number of aromatic amines is 1. The number of hydrogen-bond acceptors (Lipinski definition) is 5. The fourth-order valence-electron chi connectivity index (χ4n) is 1.83. The summed E-state index contributed by atoms with van der Waals surface area (Å²) in [5, 5.41) is 5.76. The van der Waals surface area contributed by atoms with E-state index >= 15 is 0 Å². The molecule has 0 saturated carbocycles. The normalized spacial score (nSPS) is 21.6. The molecule has 2 rings (SSSR count). The molecule has 1 aliphatic heterocycles.